The molecule has 0 amide bonds. The highest BCUT2D eigenvalue weighted by Crippen LogP contribution is 2.34. The molecule has 1 aliphatic heterocycles. The molecule has 18 heavy (non-hydrogen) atoms. The lowest BCUT2D eigenvalue weighted by Crippen LogP contribution is -2.34. The molecule has 1 heterocycles. The summed E-state index contributed by atoms with van der Waals surface area (Å²) in [5.41, 5.74) is 0.782. The van der Waals surface area contributed by atoms with Crippen LogP contribution in [-0.2, 0) is 5.33 Å². The molecule has 100 valence electrons. The molecule has 1 nitrogen and oxygen atoms in total. The summed E-state index contributed by atoms with van der Waals surface area (Å²) in [6.45, 7) is 4.95. The van der Waals surface area contributed by atoms with Gasteiger partial charge in [-0.05, 0) is 36.5 Å². The molecule has 4 heteroatoms. The maximum absolute atomic E-state index is 14.1. The zero-order chi connectivity index (χ0) is 13.3. The standard InChI is InChI=1S/C14H18BrF2N/c1-9(2)13-4-3-5-18(13)14-11(16)6-10(8-15)7-12(14)17/h6-7,9,13H,3-5,8H2,1-2H3. The summed E-state index contributed by atoms with van der Waals surface area (Å²) >= 11 is 3.22. The number of anilines is 1. The Hall–Kier alpha value is -0.640. The summed E-state index contributed by atoms with van der Waals surface area (Å²) < 4.78 is 28.2. The number of halogens is 3. The van der Waals surface area contributed by atoms with Crippen molar-refractivity contribution in [2.24, 2.45) is 5.92 Å². The molecule has 0 saturated carbocycles. The van der Waals surface area contributed by atoms with Crippen LogP contribution in [0.2, 0.25) is 0 Å². The lowest BCUT2D eigenvalue weighted by Gasteiger charge is -2.30. The third-order valence-electron chi connectivity index (χ3n) is 3.59. The Morgan fingerprint density at radius 1 is 1.33 bits per heavy atom. The van der Waals surface area contributed by atoms with Crippen molar-refractivity contribution in [3.63, 3.8) is 0 Å². The molecule has 0 aliphatic carbocycles. The molecule has 1 atom stereocenters. The summed E-state index contributed by atoms with van der Waals surface area (Å²) in [6.07, 6.45) is 2.01. The van der Waals surface area contributed by atoms with Gasteiger partial charge < -0.3 is 4.90 Å². The van der Waals surface area contributed by atoms with E-state index in [1.54, 1.807) is 0 Å². The molecule has 1 aromatic carbocycles. The predicted molar refractivity (Wildman–Crippen MR) is 74.2 cm³/mol. The molecule has 0 radical (unpaired) electrons. The number of hydrogen-bond donors (Lipinski definition) is 0. The van der Waals surface area contributed by atoms with Crippen LogP contribution in [0.15, 0.2) is 12.1 Å². The highest BCUT2D eigenvalue weighted by molar-refractivity contribution is 9.08. The summed E-state index contributed by atoms with van der Waals surface area (Å²) in [6, 6.07) is 3.08. The third kappa shape index (κ3) is 2.53. The van der Waals surface area contributed by atoms with Gasteiger partial charge in [0.1, 0.15) is 17.3 Å². The number of nitrogens with zero attached hydrogens (tertiary/aromatic N) is 1. The van der Waals surface area contributed by atoms with Crippen molar-refractivity contribution in [1.29, 1.82) is 0 Å². The van der Waals surface area contributed by atoms with Crippen molar-refractivity contribution >= 4 is 21.6 Å². The summed E-state index contributed by atoms with van der Waals surface area (Å²) in [5, 5.41) is 0.467. The van der Waals surface area contributed by atoms with Gasteiger partial charge in [-0.3, -0.25) is 0 Å². The fourth-order valence-electron chi connectivity index (χ4n) is 2.73. The van der Waals surface area contributed by atoms with E-state index >= 15 is 0 Å². The van der Waals surface area contributed by atoms with E-state index in [-0.39, 0.29) is 11.7 Å². The van der Waals surface area contributed by atoms with Crippen LogP contribution in [0, 0.1) is 17.6 Å². The molecule has 0 bridgehead atoms. The molecule has 1 aliphatic rings. The third-order valence-corrected chi connectivity index (χ3v) is 4.23. The molecule has 1 unspecified atom stereocenters. The second-order valence-electron chi connectivity index (χ2n) is 5.19. The van der Waals surface area contributed by atoms with Crippen molar-refractivity contribution in [2.75, 3.05) is 11.4 Å². The maximum Gasteiger partial charge on any atom is 0.149 e. The normalized spacial score (nSPS) is 19.9. The van der Waals surface area contributed by atoms with Crippen LogP contribution >= 0.6 is 15.9 Å². The van der Waals surface area contributed by atoms with Gasteiger partial charge in [-0.25, -0.2) is 8.78 Å². The first kappa shape index (κ1) is 13.8. The number of alkyl halides is 1. The lowest BCUT2D eigenvalue weighted by molar-refractivity contribution is 0.477. The van der Waals surface area contributed by atoms with Crippen molar-refractivity contribution in [2.45, 2.75) is 38.1 Å². The average Bonchev–Trinajstić information content (AvgIpc) is 2.77. The van der Waals surface area contributed by atoms with E-state index in [9.17, 15) is 8.78 Å². The fourth-order valence-corrected chi connectivity index (χ4v) is 3.06. The van der Waals surface area contributed by atoms with Crippen LogP contribution in [0.3, 0.4) is 0 Å². The van der Waals surface area contributed by atoms with E-state index in [1.807, 2.05) is 4.90 Å². The van der Waals surface area contributed by atoms with Crippen molar-refractivity contribution in [1.82, 2.24) is 0 Å². The van der Waals surface area contributed by atoms with Gasteiger partial charge in [0.2, 0.25) is 0 Å². The van der Waals surface area contributed by atoms with E-state index in [0.717, 1.165) is 19.4 Å². The Labute approximate surface area is 115 Å². The quantitative estimate of drug-likeness (QED) is 0.743. The Balaban J connectivity index is 2.38. The Morgan fingerprint density at radius 2 is 1.94 bits per heavy atom. The first-order valence-electron chi connectivity index (χ1n) is 6.35. The SMILES string of the molecule is CC(C)C1CCCN1c1c(F)cc(CBr)cc1F. The van der Waals surface area contributed by atoms with E-state index in [2.05, 4.69) is 29.8 Å². The van der Waals surface area contributed by atoms with Crippen molar-refractivity contribution < 1.29 is 8.78 Å². The van der Waals surface area contributed by atoms with Gasteiger partial charge >= 0.3 is 0 Å². The van der Waals surface area contributed by atoms with Crippen molar-refractivity contribution in [3.05, 3.63) is 29.3 Å². The first-order chi connectivity index (χ1) is 8.54. The van der Waals surface area contributed by atoms with Crippen molar-refractivity contribution in [3.8, 4) is 0 Å². The zero-order valence-corrected chi connectivity index (χ0v) is 12.3. The van der Waals surface area contributed by atoms with Crippen LogP contribution in [0.4, 0.5) is 14.5 Å². The van der Waals surface area contributed by atoms with Gasteiger partial charge in [0, 0.05) is 17.9 Å². The van der Waals surface area contributed by atoms with Crippen LogP contribution < -0.4 is 4.90 Å². The smallest absolute Gasteiger partial charge is 0.149 e. The second-order valence-corrected chi connectivity index (χ2v) is 5.75. The van der Waals surface area contributed by atoms with Gasteiger partial charge in [0.25, 0.3) is 0 Å². The summed E-state index contributed by atoms with van der Waals surface area (Å²) in [7, 11) is 0. The predicted octanol–water partition coefficient (Wildman–Crippen LogP) is 4.48. The molecule has 0 spiro atoms. The molecular formula is C14H18BrF2N. The van der Waals surface area contributed by atoms with Crippen LogP contribution in [0.25, 0.3) is 0 Å². The Morgan fingerprint density at radius 3 is 2.44 bits per heavy atom. The van der Waals surface area contributed by atoms with E-state index in [4.69, 9.17) is 0 Å². The van der Waals surface area contributed by atoms with Gasteiger partial charge in [-0.1, -0.05) is 29.8 Å². The maximum atomic E-state index is 14.1. The topological polar surface area (TPSA) is 3.24 Å². The first-order valence-corrected chi connectivity index (χ1v) is 7.47. The van der Waals surface area contributed by atoms with Crippen LogP contribution in [0.1, 0.15) is 32.3 Å². The van der Waals surface area contributed by atoms with Crippen LogP contribution in [-0.4, -0.2) is 12.6 Å². The number of rotatable bonds is 3. The second kappa shape index (κ2) is 5.55. The Kier molecular flexibility index (Phi) is 4.25. The number of hydrogen-bond acceptors (Lipinski definition) is 1. The molecule has 1 fully saturated rings. The lowest BCUT2D eigenvalue weighted by atomic mass is 10.0. The molecule has 1 aromatic rings. The van der Waals surface area contributed by atoms with Gasteiger partial charge in [-0.2, -0.15) is 0 Å². The minimum absolute atomic E-state index is 0.149. The summed E-state index contributed by atoms with van der Waals surface area (Å²) in [5.74, 6) is -0.490. The van der Waals surface area contributed by atoms with Gasteiger partial charge in [0.05, 0.1) is 0 Å². The average molecular weight is 318 g/mol. The Bertz CT molecular complexity index is 411. The monoisotopic (exact) mass is 317 g/mol. The zero-order valence-electron chi connectivity index (χ0n) is 10.7. The molecule has 1 saturated heterocycles. The molecule has 0 N–H and O–H groups in total. The fraction of sp³-hybridized carbons (Fsp3) is 0.571. The molecule has 2 rings (SSSR count). The van der Waals surface area contributed by atoms with E-state index in [1.165, 1.54) is 12.1 Å². The summed E-state index contributed by atoms with van der Waals surface area (Å²) in [4.78, 5) is 1.90. The van der Waals surface area contributed by atoms with Gasteiger partial charge in [-0.15, -0.1) is 0 Å². The highest BCUT2D eigenvalue weighted by atomic mass is 79.9. The largest absolute Gasteiger partial charge is 0.364 e. The van der Waals surface area contributed by atoms with Crippen LogP contribution in [0.5, 0.6) is 0 Å². The minimum Gasteiger partial charge on any atom is -0.364 e. The highest BCUT2D eigenvalue weighted by Gasteiger charge is 2.31. The van der Waals surface area contributed by atoms with E-state index in [0.29, 0.717) is 16.8 Å². The van der Waals surface area contributed by atoms with E-state index < -0.39 is 11.6 Å². The van der Waals surface area contributed by atoms with Gasteiger partial charge in [0.15, 0.2) is 0 Å². The molecular weight excluding hydrogens is 300 g/mol. The molecule has 0 aromatic heterocycles. The number of benzene rings is 1. The minimum atomic E-state index is -0.447.